The number of benzene rings is 1. The number of rotatable bonds is 8. The molecule has 13 nitrogen and oxygen atoms in total. The first kappa shape index (κ1) is 35.5. The minimum absolute atomic E-state index is 0. The zero-order valence-electron chi connectivity index (χ0n) is 22.2. The molecule has 1 amide bonds. The van der Waals surface area contributed by atoms with E-state index >= 15 is 0 Å². The second kappa shape index (κ2) is 14.6. The lowest BCUT2D eigenvalue weighted by Crippen LogP contribution is -2.48. The van der Waals surface area contributed by atoms with Gasteiger partial charge in [0.15, 0.2) is 5.69 Å². The standard InChI is InChI=1S/C23H34N6O4S.ClH.3H2O/c1-5-8-20-24-16(4)21-23(30)25-22(26-29(20)21)18-15-17(9-10-19(18)33-7-3)34(31,32)28-13-11-27(6-2)12-14-28;;;;/h9-10,15,22,26H,5-8,11-14H2,1-4H3,(H,25,30);1H;3*1H2. The number of piperazine rings is 1. The third-order valence-corrected chi connectivity index (χ3v) is 8.25. The second-order valence-electron chi connectivity index (χ2n) is 8.55. The van der Waals surface area contributed by atoms with E-state index in [2.05, 4.69) is 34.5 Å². The van der Waals surface area contributed by atoms with Crippen molar-refractivity contribution in [2.45, 2.75) is 51.6 Å². The topological polar surface area (TPSA) is 203 Å². The summed E-state index contributed by atoms with van der Waals surface area (Å²) in [5.74, 6) is 1.03. The summed E-state index contributed by atoms with van der Waals surface area (Å²) in [4.78, 5) is 20.0. The molecule has 2 aromatic rings. The fourth-order valence-corrected chi connectivity index (χ4v) is 5.98. The Morgan fingerprint density at radius 3 is 2.32 bits per heavy atom. The summed E-state index contributed by atoms with van der Waals surface area (Å²) in [5.41, 5.74) is 4.99. The smallest absolute Gasteiger partial charge is 0.273 e. The van der Waals surface area contributed by atoms with Crippen molar-refractivity contribution in [3.05, 3.63) is 41.0 Å². The number of nitrogens with one attached hydrogen (secondary N) is 2. The lowest BCUT2D eigenvalue weighted by molar-refractivity contribution is 0.0913. The van der Waals surface area contributed by atoms with Crippen LogP contribution >= 0.6 is 12.4 Å². The Labute approximate surface area is 229 Å². The summed E-state index contributed by atoms with van der Waals surface area (Å²) in [5, 5.41) is 2.95. The predicted octanol–water partition coefficient (Wildman–Crippen LogP) is -0.198. The van der Waals surface area contributed by atoms with Crippen molar-refractivity contribution in [3.8, 4) is 5.75 Å². The van der Waals surface area contributed by atoms with Crippen LogP contribution in [-0.4, -0.2) is 88.9 Å². The maximum Gasteiger partial charge on any atom is 0.273 e. The van der Waals surface area contributed by atoms with Crippen LogP contribution in [0.15, 0.2) is 23.1 Å². The molecular weight excluding hydrogens is 540 g/mol. The number of halogens is 1. The Morgan fingerprint density at radius 1 is 1.08 bits per heavy atom. The van der Waals surface area contributed by atoms with Crippen molar-refractivity contribution >= 4 is 28.3 Å². The van der Waals surface area contributed by atoms with Crippen molar-refractivity contribution in [2.24, 2.45) is 0 Å². The molecule has 0 aliphatic carbocycles. The molecule has 8 N–H and O–H groups in total. The van der Waals surface area contributed by atoms with Gasteiger partial charge in [0.05, 0.1) is 17.2 Å². The van der Waals surface area contributed by atoms with E-state index in [1.54, 1.807) is 22.9 Å². The normalized spacial score (nSPS) is 17.4. The van der Waals surface area contributed by atoms with Crippen molar-refractivity contribution in [2.75, 3.05) is 44.8 Å². The average molecular weight is 581 g/mol. The minimum atomic E-state index is -3.68. The van der Waals surface area contributed by atoms with E-state index in [1.807, 2.05) is 13.8 Å². The minimum Gasteiger partial charge on any atom is -0.493 e. The fourth-order valence-electron chi connectivity index (χ4n) is 4.53. The van der Waals surface area contributed by atoms with E-state index in [9.17, 15) is 13.2 Å². The van der Waals surface area contributed by atoms with E-state index in [4.69, 9.17) is 4.74 Å². The highest BCUT2D eigenvalue weighted by atomic mass is 35.5. The first-order valence-corrected chi connectivity index (χ1v) is 13.4. The molecule has 2 aliphatic heterocycles. The number of hydrogen-bond donors (Lipinski definition) is 2. The molecule has 218 valence electrons. The molecule has 0 radical (unpaired) electrons. The summed E-state index contributed by atoms with van der Waals surface area (Å²) in [6, 6.07) is 4.86. The van der Waals surface area contributed by atoms with Gasteiger partial charge >= 0.3 is 0 Å². The van der Waals surface area contributed by atoms with Gasteiger partial charge in [-0.1, -0.05) is 13.8 Å². The zero-order valence-corrected chi connectivity index (χ0v) is 23.8. The molecule has 4 rings (SSSR count). The summed E-state index contributed by atoms with van der Waals surface area (Å²) in [6.07, 6.45) is 0.926. The molecule has 0 bridgehead atoms. The summed E-state index contributed by atoms with van der Waals surface area (Å²) < 4.78 is 35.9. The van der Waals surface area contributed by atoms with Gasteiger partial charge in [0.2, 0.25) is 10.0 Å². The number of sulfonamides is 1. The molecule has 3 heterocycles. The average Bonchev–Trinajstić information content (AvgIpc) is 3.15. The number of aromatic nitrogens is 2. The maximum absolute atomic E-state index is 13.4. The predicted molar refractivity (Wildman–Crippen MR) is 147 cm³/mol. The van der Waals surface area contributed by atoms with Gasteiger partial charge < -0.3 is 31.4 Å². The van der Waals surface area contributed by atoms with Gasteiger partial charge in [-0.15, -0.1) is 12.4 Å². The van der Waals surface area contributed by atoms with Crippen LogP contribution in [0.5, 0.6) is 5.75 Å². The van der Waals surface area contributed by atoms with E-state index in [-0.39, 0.29) is 39.6 Å². The van der Waals surface area contributed by atoms with E-state index in [0.29, 0.717) is 61.9 Å². The van der Waals surface area contributed by atoms with Crippen LogP contribution in [0.2, 0.25) is 0 Å². The molecule has 2 aliphatic rings. The van der Waals surface area contributed by atoms with Crippen LogP contribution in [0.25, 0.3) is 0 Å². The molecule has 15 heteroatoms. The van der Waals surface area contributed by atoms with E-state index in [0.717, 1.165) is 18.8 Å². The van der Waals surface area contributed by atoms with E-state index < -0.39 is 16.2 Å². The van der Waals surface area contributed by atoms with Gasteiger partial charge in [-0.25, -0.2) is 18.1 Å². The van der Waals surface area contributed by atoms with Gasteiger partial charge in [0, 0.05) is 38.2 Å². The Bertz CT molecular complexity index is 1170. The van der Waals surface area contributed by atoms with Crippen LogP contribution < -0.4 is 15.5 Å². The van der Waals surface area contributed by atoms with Gasteiger partial charge in [0.25, 0.3) is 5.91 Å². The summed E-state index contributed by atoms with van der Waals surface area (Å²) >= 11 is 0. The molecule has 1 atom stereocenters. The SMILES string of the molecule is CCCc1nc(C)c2n1NC(c1cc(S(=O)(=O)N3CCN(CC)CC3)ccc1OCC)NC2=O.Cl.O.O.O. The van der Waals surface area contributed by atoms with Crippen molar-refractivity contribution in [1.82, 2.24) is 24.2 Å². The van der Waals surface area contributed by atoms with Gasteiger partial charge in [-0.2, -0.15) is 4.31 Å². The molecule has 38 heavy (non-hydrogen) atoms. The molecule has 1 aromatic heterocycles. The Morgan fingerprint density at radius 2 is 1.74 bits per heavy atom. The summed E-state index contributed by atoms with van der Waals surface area (Å²) in [7, 11) is -3.68. The number of fused-ring (bicyclic) bond motifs is 1. The maximum atomic E-state index is 13.4. The third-order valence-electron chi connectivity index (χ3n) is 6.35. The van der Waals surface area contributed by atoms with Gasteiger partial charge in [-0.05, 0) is 45.0 Å². The number of carbonyl (C=O) groups is 1. The number of hydrogen-bond acceptors (Lipinski definition) is 7. The molecule has 0 spiro atoms. The molecule has 1 saturated heterocycles. The number of imidazole rings is 1. The lowest BCUT2D eigenvalue weighted by Gasteiger charge is -2.33. The molecule has 1 aromatic carbocycles. The third kappa shape index (κ3) is 6.75. The van der Waals surface area contributed by atoms with Crippen molar-refractivity contribution < 1.29 is 34.4 Å². The number of ether oxygens (including phenoxy) is 1. The number of nitrogens with zero attached hydrogens (tertiary/aromatic N) is 4. The highest BCUT2D eigenvalue weighted by Crippen LogP contribution is 2.32. The highest BCUT2D eigenvalue weighted by Gasteiger charge is 2.33. The fraction of sp³-hybridized carbons (Fsp3) is 0.565. The summed E-state index contributed by atoms with van der Waals surface area (Å²) in [6.45, 7) is 11.5. The van der Waals surface area contributed by atoms with Crippen LogP contribution in [0.4, 0.5) is 0 Å². The van der Waals surface area contributed by atoms with Crippen molar-refractivity contribution in [1.29, 1.82) is 0 Å². The van der Waals surface area contributed by atoms with Gasteiger partial charge in [0.1, 0.15) is 17.7 Å². The van der Waals surface area contributed by atoms with Crippen LogP contribution in [0.1, 0.15) is 60.9 Å². The van der Waals surface area contributed by atoms with E-state index in [1.165, 1.54) is 4.31 Å². The molecule has 1 unspecified atom stereocenters. The molecule has 1 fully saturated rings. The number of aryl methyl sites for hydroxylation is 2. The quantitative estimate of drug-likeness (QED) is 0.430. The van der Waals surface area contributed by atoms with Crippen molar-refractivity contribution in [3.63, 3.8) is 0 Å². The van der Waals surface area contributed by atoms with Crippen LogP contribution in [0.3, 0.4) is 0 Å². The lowest BCUT2D eigenvalue weighted by atomic mass is 10.1. The molecular formula is C23H41ClN6O7S. The number of amides is 1. The monoisotopic (exact) mass is 580 g/mol. The van der Waals surface area contributed by atoms with Gasteiger partial charge in [-0.3, -0.25) is 10.2 Å². The zero-order chi connectivity index (χ0) is 24.5. The number of carbonyl (C=O) groups excluding carboxylic acids is 1. The Hall–Kier alpha value is -2.46. The highest BCUT2D eigenvalue weighted by molar-refractivity contribution is 7.89. The van der Waals surface area contributed by atoms with Crippen LogP contribution in [-0.2, 0) is 16.4 Å². The first-order valence-electron chi connectivity index (χ1n) is 11.9. The van der Waals surface area contributed by atoms with Crippen LogP contribution in [0, 0.1) is 6.92 Å². The Kier molecular flexibility index (Phi) is 13.7. The first-order chi connectivity index (χ1) is 16.3. The number of likely N-dealkylation sites (N-methyl/N-ethyl adjacent to an activating group) is 1. The second-order valence-corrected chi connectivity index (χ2v) is 10.5. The molecule has 0 saturated carbocycles. The largest absolute Gasteiger partial charge is 0.493 e. The Balaban J connectivity index is 0.00000342.